The van der Waals surface area contributed by atoms with Crippen molar-refractivity contribution in [3.63, 3.8) is 0 Å². The highest BCUT2D eigenvalue weighted by Gasteiger charge is 2.25. The van der Waals surface area contributed by atoms with Crippen LogP contribution in [0.1, 0.15) is 36.8 Å². The lowest BCUT2D eigenvalue weighted by molar-refractivity contribution is -0.126. The summed E-state index contributed by atoms with van der Waals surface area (Å²) in [7, 11) is 0. The van der Waals surface area contributed by atoms with Crippen LogP contribution in [0, 0.1) is 5.92 Å². The van der Waals surface area contributed by atoms with E-state index in [4.69, 9.17) is 0 Å². The molecule has 3 rings (SSSR count). The highest BCUT2D eigenvalue weighted by molar-refractivity contribution is 5.78. The Kier molecular flexibility index (Phi) is 6.24. The molecule has 0 saturated carbocycles. The van der Waals surface area contributed by atoms with E-state index in [0.717, 1.165) is 32.5 Å². The number of benzene rings is 2. The molecule has 2 aromatic rings. The monoisotopic (exact) mass is 336 g/mol. The van der Waals surface area contributed by atoms with Crippen LogP contribution in [-0.2, 0) is 11.3 Å². The maximum absolute atomic E-state index is 12.5. The maximum Gasteiger partial charge on any atom is 0.223 e. The molecular weight excluding hydrogens is 308 g/mol. The van der Waals surface area contributed by atoms with Crippen molar-refractivity contribution in [2.75, 3.05) is 19.6 Å². The molecule has 25 heavy (non-hydrogen) atoms. The molecule has 1 saturated heterocycles. The summed E-state index contributed by atoms with van der Waals surface area (Å²) in [5, 5.41) is 3.16. The fourth-order valence-electron chi connectivity index (χ4n) is 3.49. The molecule has 1 N–H and O–H groups in total. The summed E-state index contributed by atoms with van der Waals surface area (Å²) in [6, 6.07) is 20.9. The number of carbonyl (C=O) groups excluding carboxylic acids is 1. The first-order valence-corrected chi connectivity index (χ1v) is 9.31. The topological polar surface area (TPSA) is 32.3 Å². The Balaban J connectivity index is 1.41. The average Bonchev–Trinajstić information content (AvgIpc) is 2.68. The van der Waals surface area contributed by atoms with Crippen molar-refractivity contribution in [3.8, 4) is 0 Å². The van der Waals surface area contributed by atoms with Crippen molar-refractivity contribution >= 4 is 5.91 Å². The second-order valence-electron chi connectivity index (χ2n) is 7.09. The molecule has 1 aliphatic rings. The third kappa shape index (κ3) is 5.17. The molecule has 1 heterocycles. The van der Waals surface area contributed by atoms with E-state index in [2.05, 4.69) is 71.7 Å². The number of nitrogens with one attached hydrogen (secondary N) is 1. The molecule has 1 atom stereocenters. The number of amides is 1. The molecule has 0 radical (unpaired) electrons. The largest absolute Gasteiger partial charge is 0.355 e. The Bertz CT molecular complexity index is 648. The maximum atomic E-state index is 12.5. The van der Waals surface area contributed by atoms with E-state index < -0.39 is 0 Å². The SMILES string of the molecule is C[C@@H](CNC(=O)C1CCN(Cc2ccccc2)CC1)c1ccccc1. The van der Waals surface area contributed by atoms with E-state index in [9.17, 15) is 4.79 Å². The second-order valence-corrected chi connectivity index (χ2v) is 7.09. The van der Waals surface area contributed by atoms with Crippen molar-refractivity contribution in [1.29, 1.82) is 0 Å². The normalized spacial score (nSPS) is 17.2. The number of likely N-dealkylation sites (tertiary alicyclic amines) is 1. The van der Waals surface area contributed by atoms with Gasteiger partial charge >= 0.3 is 0 Å². The third-order valence-electron chi connectivity index (χ3n) is 5.16. The minimum Gasteiger partial charge on any atom is -0.355 e. The van der Waals surface area contributed by atoms with Crippen LogP contribution in [0.2, 0.25) is 0 Å². The van der Waals surface area contributed by atoms with Gasteiger partial charge in [-0.2, -0.15) is 0 Å². The van der Waals surface area contributed by atoms with Crippen molar-refractivity contribution in [2.45, 2.75) is 32.2 Å². The van der Waals surface area contributed by atoms with E-state index in [0.29, 0.717) is 12.5 Å². The van der Waals surface area contributed by atoms with E-state index in [1.54, 1.807) is 0 Å². The van der Waals surface area contributed by atoms with Crippen molar-refractivity contribution < 1.29 is 4.79 Å². The number of nitrogens with zero attached hydrogens (tertiary/aromatic N) is 1. The van der Waals surface area contributed by atoms with Crippen LogP contribution >= 0.6 is 0 Å². The van der Waals surface area contributed by atoms with Crippen LogP contribution in [0.15, 0.2) is 60.7 Å². The standard InChI is InChI=1S/C22H28N2O/c1-18(20-10-6-3-7-11-20)16-23-22(25)21-12-14-24(15-13-21)17-19-8-4-2-5-9-19/h2-11,18,21H,12-17H2,1H3,(H,23,25)/t18-/m0/s1. The van der Waals surface area contributed by atoms with Crippen LogP contribution in [-0.4, -0.2) is 30.4 Å². The fourth-order valence-corrected chi connectivity index (χ4v) is 3.49. The van der Waals surface area contributed by atoms with Crippen LogP contribution in [0.4, 0.5) is 0 Å². The van der Waals surface area contributed by atoms with Gasteiger partial charge in [-0.05, 0) is 43.0 Å². The first kappa shape index (κ1) is 17.7. The van der Waals surface area contributed by atoms with E-state index in [-0.39, 0.29) is 11.8 Å². The lowest BCUT2D eigenvalue weighted by Gasteiger charge is -2.31. The van der Waals surface area contributed by atoms with Gasteiger partial charge < -0.3 is 5.32 Å². The molecule has 0 bridgehead atoms. The minimum absolute atomic E-state index is 0.162. The van der Waals surface area contributed by atoms with Gasteiger partial charge in [0, 0.05) is 19.0 Å². The predicted octanol–water partition coefficient (Wildman–Crippen LogP) is 3.82. The molecule has 0 spiro atoms. The van der Waals surface area contributed by atoms with Gasteiger partial charge in [0.15, 0.2) is 0 Å². The Hall–Kier alpha value is -2.13. The highest BCUT2D eigenvalue weighted by atomic mass is 16.1. The summed E-state index contributed by atoms with van der Waals surface area (Å²) >= 11 is 0. The zero-order chi connectivity index (χ0) is 17.5. The molecule has 1 aliphatic heterocycles. The van der Waals surface area contributed by atoms with Gasteiger partial charge in [-0.3, -0.25) is 9.69 Å². The molecule has 3 heteroatoms. The Morgan fingerprint density at radius 2 is 1.64 bits per heavy atom. The molecule has 132 valence electrons. The second kappa shape index (κ2) is 8.82. The molecule has 3 nitrogen and oxygen atoms in total. The predicted molar refractivity (Wildman–Crippen MR) is 102 cm³/mol. The van der Waals surface area contributed by atoms with Crippen LogP contribution in [0.25, 0.3) is 0 Å². The molecule has 2 aromatic carbocycles. The van der Waals surface area contributed by atoms with Gasteiger partial charge in [0.1, 0.15) is 0 Å². The number of piperidine rings is 1. The lowest BCUT2D eigenvalue weighted by atomic mass is 9.95. The van der Waals surface area contributed by atoms with Gasteiger partial charge in [-0.25, -0.2) is 0 Å². The Labute approximate surface area is 151 Å². The summed E-state index contributed by atoms with van der Waals surface area (Å²) in [4.78, 5) is 14.9. The van der Waals surface area contributed by atoms with Crippen LogP contribution in [0.5, 0.6) is 0 Å². The van der Waals surface area contributed by atoms with E-state index in [1.165, 1.54) is 11.1 Å². The number of rotatable bonds is 6. The van der Waals surface area contributed by atoms with Crippen molar-refractivity contribution in [1.82, 2.24) is 10.2 Å². The minimum atomic E-state index is 0.162. The zero-order valence-corrected chi connectivity index (χ0v) is 15.0. The Morgan fingerprint density at radius 1 is 1.04 bits per heavy atom. The molecular formula is C22H28N2O. The highest BCUT2D eigenvalue weighted by Crippen LogP contribution is 2.20. The van der Waals surface area contributed by atoms with Crippen LogP contribution < -0.4 is 5.32 Å². The van der Waals surface area contributed by atoms with Gasteiger partial charge in [0.2, 0.25) is 5.91 Å². The Morgan fingerprint density at radius 3 is 2.28 bits per heavy atom. The lowest BCUT2D eigenvalue weighted by Crippen LogP contribution is -2.41. The molecule has 1 fully saturated rings. The van der Waals surface area contributed by atoms with E-state index in [1.807, 2.05) is 6.07 Å². The van der Waals surface area contributed by atoms with E-state index >= 15 is 0 Å². The van der Waals surface area contributed by atoms with Crippen molar-refractivity contribution in [2.24, 2.45) is 5.92 Å². The summed E-state index contributed by atoms with van der Waals surface area (Å²) in [6.07, 6.45) is 1.91. The average molecular weight is 336 g/mol. The van der Waals surface area contributed by atoms with Gasteiger partial charge in [-0.15, -0.1) is 0 Å². The summed E-state index contributed by atoms with van der Waals surface area (Å²) in [6.45, 7) is 5.87. The number of hydrogen-bond acceptors (Lipinski definition) is 2. The van der Waals surface area contributed by atoms with Gasteiger partial charge in [-0.1, -0.05) is 67.6 Å². The molecule has 0 unspecified atom stereocenters. The number of hydrogen-bond donors (Lipinski definition) is 1. The first-order valence-electron chi connectivity index (χ1n) is 9.31. The molecule has 0 aromatic heterocycles. The quantitative estimate of drug-likeness (QED) is 0.870. The summed E-state index contributed by atoms with van der Waals surface area (Å²) in [5.41, 5.74) is 2.63. The fraction of sp³-hybridized carbons (Fsp3) is 0.409. The smallest absolute Gasteiger partial charge is 0.223 e. The summed E-state index contributed by atoms with van der Waals surface area (Å²) in [5.74, 6) is 0.737. The van der Waals surface area contributed by atoms with Crippen molar-refractivity contribution in [3.05, 3.63) is 71.8 Å². The zero-order valence-electron chi connectivity index (χ0n) is 15.0. The molecule has 0 aliphatic carbocycles. The first-order chi connectivity index (χ1) is 12.2. The summed E-state index contributed by atoms with van der Waals surface area (Å²) < 4.78 is 0. The van der Waals surface area contributed by atoms with Gasteiger partial charge in [0.05, 0.1) is 0 Å². The van der Waals surface area contributed by atoms with Crippen LogP contribution in [0.3, 0.4) is 0 Å². The number of carbonyl (C=O) groups is 1. The molecule has 1 amide bonds. The van der Waals surface area contributed by atoms with Gasteiger partial charge in [0.25, 0.3) is 0 Å². The third-order valence-corrected chi connectivity index (χ3v) is 5.16.